The molecule has 0 amide bonds. The first-order chi connectivity index (χ1) is 9.72. The van der Waals surface area contributed by atoms with Crippen LogP contribution in [0.5, 0.6) is 0 Å². The molecule has 0 unspecified atom stereocenters. The number of thiophene rings is 1. The minimum atomic E-state index is 0.773. The molecule has 0 radical (unpaired) electrons. The van der Waals surface area contributed by atoms with Crippen molar-refractivity contribution in [1.29, 1.82) is 0 Å². The third-order valence-corrected chi connectivity index (χ3v) is 5.04. The van der Waals surface area contributed by atoms with Gasteiger partial charge in [-0.2, -0.15) is 0 Å². The Kier molecular flexibility index (Phi) is 2.57. The summed E-state index contributed by atoms with van der Waals surface area (Å²) in [6, 6.07) is 4.03. The van der Waals surface area contributed by atoms with Crippen LogP contribution in [-0.2, 0) is 12.8 Å². The van der Waals surface area contributed by atoms with Crippen molar-refractivity contribution in [3.8, 4) is 11.4 Å². The van der Waals surface area contributed by atoms with Gasteiger partial charge in [-0.15, -0.1) is 11.3 Å². The molecule has 1 aliphatic carbocycles. The number of aryl methyl sites for hydroxylation is 2. The fourth-order valence-electron chi connectivity index (χ4n) is 2.95. The molecule has 1 aliphatic rings. The maximum absolute atomic E-state index is 6.24. The fourth-order valence-corrected chi connectivity index (χ4v) is 4.11. The topological polar surface area (TPSA) is 67.6 Å². The summed E-state index contributed by atoms with van der Waals surface area (Å²) in [5.41, 5.74) is 11.5. The summed E-state index contributed by atoms with van der Waals surface area (Å²) in [4.78, 5) is 13.9. The van der Waals surface area contributed by atoms with Gasteiger partial charge in [0.25, 0.3) is 0 Å². The minimum absolute atomic E-state index is 0.773. The highest BCUT2D eigenvalue weighted by atomic mass is 32.1. The van der Waals surface area contributed by atoms with Crippen LogP contribution in [0.4, 0.5) is 5.00 Å². The van der Waals surface area contributed by atoms with Crippen LogP contribution in [0.25, 0.3) is 22.6 Å². The zero-order chi connectivity index (χ0) is 13.7. The third kappa shape index (κ3) is 1.73. The number of aromatic nitrogens is 3. The van der Waals surface area contributed by atoms with Crippen LogP contribution >= 0.6 is 11.3 Å². The smallest absolute Gasteiger partial charge is 0.178 e. The van der Waals surface area contributed by atoms with Gasteiger partial charge >= 0.3 is 0 Å². The van der Waals surface area contributed by atoms with Crippen molar-refractivity contribution in [1.82, 2.24) is 15.0 Å². The Labute approximate surface area is 121 Å². The highest BCUT2D eigenvalue weighted by Gasteiger charge is 2.22. The molecule has 3 heterocycles. The van der Waals surface area contributed by atoms with Crippen LogP contribution in [0.15, 0.2) is 12.1 Å². The Morgan fingerprint density at radius 1 is 1.20 bits per heavy atom. The number of hydrogen-bond acceptors (Lipinski definition) is 4. The molecule has 0 fully saturated rings. The molecule has 0 aromatic carbocycles. The summed E-state index contributed by atoms with van der Waals surface area (Å²) in [5.74, 6) is 0.870. The maximum Gasteiger partial charge on any atom is 0.178 e. The molecule has 20 heavy (non-hydrogen) atoms. The predicted octanol–water partition coefficient (Wildman–Crippen LogP) is 3.46. The molecule has 0 spiro atoms. The third-order valence-electron chi connectivity index (χ3n) is 3.92. The lowest BCUT2D eigenvalue weighted by atomic mass is 9.95. The number of H-pyrrole nitrogens is 1. The Morgan fingerprint density at radius 3 is 2.95 bits per heavy atom. The molecule has 0 aliphatic heterocycles. The molecule has 4 nitrogen and oxygen atoms in total. The molecule has 3 aromatic heterocycles. The number of fused-ring (bicyclic) bond motifs is 2. The molecule has 3 N–H and O–H groups in total. The number of pyridine rings is 1. The monoisotopic (exact) mass is 284 g/mol. The zero-order valence-electron chi connectivity index (χ0n) is 11.4. The molecule has 0 saturated heterocycles. The highest BCUT2D eigenvalue weighted by Crippen LogP contribution is 2.41. The number of nitrogens with one attached hydrogen (secondary N) is 1. The predicted molar refractivity (Wildman–Crippen MR) is 83.0 cm³/mol. The first-order valence-electron chi connectivity index (χ1n) is 6.96. The second-order valence-corrected chi connectivity index (χ2v) is 6.50. The van der Waals surface area contributed by atoms with Gasteiger partial charge in [0, 0.05) is 10.6 Å². The number of nitrogens with two attached hydrogens (primary N) is 1. The lowest BCUT2D eigenvalue weighted by Crippen LogP contribution is -2.00. The van der Waals surface area contributed by atoms with E-state index in [1.54, 1.807) is 11.3 Å². The Hall–Kier alpha value is -1.88. The Balaban J connectivity index is 1.92. The van der Waals surface area contributed by atoms with E-state index in [2.05, 4.69) is 15.0 Å². The first kappa shape index (κ1) is 11.9. The van der Waals surface area contributed by atoms with Gasteiger partial charge < -0.3 is 10.7 Å². The molecule has 0 bridgehead atoms. The number of aromatic amines is 1. The number of nitrogen functional groups attached to an aromatic ring is 1. The van der Waals surface area contributed by atoms with E-state index in [-0.39, 0.29) is 0 Å². The van der Waals surface area contributed by atoms with Crippen LogP contribution < -0.4 is 5.73 Å². The standard InChI is InChI=1S/C15H16N4S/c1-8-6-7-10-14(17-8)19-15(18-10)12-9-4-2-3-5-11(9)20-13(12)16/h6-7H,2-5,16H2,1H3,(H,17,18,19). The van der Waals surface area contributed by atoms with Crippen LogP contribution in [0.2, 0.25) is 0 Å². The van der Waals surface area contributed by atoms with Crippen molar-refractivity contribution in [2.24, 2.45) is 0 Å². The number of hydrogen-bond donors (Lipinski definition) is 2. The average Bonchev–Trinajstić information content (AvgIpc) is 2.97. The molecule has 0 atom stereocenters. The van der Waals surface area contributed by atoms with Crippen molar-refractivity contribution in [3.63, 3.8) is 0 Å². The Bertz CT molecular complexity index is 800. The van der Waals surface area contributed by atoms with Crippen molar-refractivity contribution < 1.29 is 0 Å². The summed E-state index contributed by atoms with van der Waals surface area (Å²) in [6.07, 6.45) is 4.78. The van der Waals surface area contributed by atoms with Crippen molar-refractivity contribution in [2.45, 2.75) is 32.6 Å². The summed E-state index contributed by atoms with van der Waals surface area (Å²) in [5, 5.41) is 0.882. The van der Waals surface area contributed by atoms with Gasteiger partial charge in [-0.05, 0) is 50.3 Å². The molecule has 102 valence electrons. The van der Waals surface area contributed by atoms with Crippen LogP contribution in [0.3, 0.4) is 0 Å². The van der Waals surface area contributed by atoms with Gasteiger partial charge in [0.15, 0.2) is 5.65 Å². The van der Waals surface area contributed by atoms with E-state index in [0.717, 1.165) is 46.1 Å². The van der Waals surface area contributed by atoms with Crippen molar-refractivity contribution in [2.75, 3.05) is 5.73 Å². The van der Waals surface area contributed by atoms with E-state index in [9.17, 15) is 0 Å². The van der Waals surface area contributed by atoms with Gasteiger partial charge in [-0.25, -0.2) is 9.97 Å². The lowest BCUT2D eigenvalue weighted by Gasteiger charge is -2.11. The van der Waals surface area contributed by atoms with E-state index >= 15 is 0 Å². The van der Waals surface area contributed by atoms with Crippen molar-refractivity contribution >= 4 is 27.5 Å². The normalized spacial score (nSPS) is 14.7. The van der Waals surface area contributed by atoms with E-state index < -0.39 is 0 Å². The van der Waals surface area contributed by atoms with Crippen LogP contribution in [0.1, 0.15) is 29.0 Å². The zero-order valence-corrected chi connectivity index (χ0v) is 12.2. The number of rotatable bonds is 1. The first-order valence-corrected chi connectivity index (χ1v) is 7.78. The summed E-state index contributed by atoms with van der Waals surface area (Å²) in [6.45, 7) is 1.98. The van der Waals surface area contributed by atoms with E-state index in [1.165, 1.54) is 23.3 Å². The SMILES string of the molecule is Cc1ccc2[nH]c(-c3c(N)sc4c3CCCC4)nc2n1. The summed E-state index contributed by atoms with van der Waals surface area (Å²) < 4.78 is 0. The second-order valence-electron chi connectivity index (χ2n) is 5.36. The van der Waals surface area contributed by atoms with Gasteiger partial charge in [-0.1, -0.05) is 0 Å². The number of imidazole rings is 1. The average molecular weight is 284 g/mol. The van der Waals surface area contributed by atoms with Gasteiger partial charge in [0.2, 0.25) is 0 Å². The van der Waals surface area contributed by atoms with E-state index in [0.29, 0.717) is 0 Å². The number of anilines is 1. The van der Waals surface area contributed by atoms with Gasteiger partial charge in [0.1, 0.15) is 5.82 Å². The van der Waals surface area contributed by atoms with E-state index in [4.69, 9.17) is 5.73 Å². The largest absolute Gasteiger partial charge is 0.390 e. The molecular weight excluding hydrogens is 268 g/mol. The van der Waals surface area contributed by atoms with E-state index in [1.807, 2.05) is 19.1 Å². The minimum Gasteiger partial charge on any atom is -0.390 e. The van der Waals surface area contributed by atoms with Crippen LogP contribution in [-0.4, -0.2) is 15.0 Å². The molecule has 3 aromatic rings. The van der Waals surface area contributed by atoms with Gasteiger partial charge in [0.05, 0.1) is 16.1 Å². The number of nitrogens with zero attached hydrogens (tertiary/aromatic N) is 2. The van der Waals surface area contributed by atoms with Gasteiger partial charge in [-0.3, -0.25) is 0 Å². The highest BCUT2D eigenvalue weighted by molar-refractivity contribution is 7.16. The quantitative estimate of drug-likeness (QED) is 0.719. The molecular formula is C15H16N4S. The lowest BCUT2D eigenvalue weighted by molar-refractivity contribution is 0.698. The fraction of sp³-hybridized carbons (Fsp3) is 0.333. The van der Waals surface area contributed by atoms with Crippen molar-refractivity contribution in [3.05, 3.63) is 28.3 Å². The molecule has 5 heteroatoms. The van der Waals surface area contributed by atoms with Crippen LogP contribution in [0, 0.1) is 6.92 Å². The maximum atomic E-state index is 6.24. The second kappa shape index (κ2) is 4.31. The molecule has 0 saturated carbocycles. The molecule has 4 rings (SSSR count). The summed E-state index contributed by atoms with van der Waals surface area (Å²) in [7, 11) is 0. The Morgan fingerprint density at radius 2 is 2.05 bits per heavy atom. The summed E-state index contributed by atoms with van der Waals surface area (Å²) >= 11 is 1.72.